The fourth-order valence-corrected chi connectivity index (χ4v) is 2.29. The van der Waals surface area contributed by atoms with Gasteiger partial charge in [-0.15, -0.1) is 0 Å². The van der Waals surface area contributed by atoms with Crippen LogP contribution in [0.4, 0.5) is 24.5 Å². The molecule has 1 aromatic carbocycles. The fourth-order valence-electron chi connectivity index (χ4n) is 2.29. The molecule has 0 atom stereocenters. The van der Waals surface area contributed by atoms with Crippen molar-refractivity contribution in [1.82, 2.24) is 4.90 Å². The van der Waals surface area contributed by atoms with Gasteiger partial charge in [0.1, 0.15) is 0 Å². The predicted octanol–water partition coefficient (Wildman–Crippen LogP) is 3.18. The minimum atomic E-state index is -4.41. The minimum Gasteiger partial charge on any atom is -0.398 e. The highest BCUT2D eigenvalue weighted by atomic mass is 19.4. The number of anilines is 2. The second-order valence-corrected chi connectivity index (χ2v) is 5.09. The normalized spacial score (nSPS) is 15.7. The summed E-state index contributed by atoms with van der Waals surface area (Å²) in [6.07, 6.45) is -1.95. The zero-order valence-electron chi connectivity index (χ0n) is 11.5. The molecule has 3 N–H and O–H groups in total. The monoisotopic (exact) mass is 287 g/mol. The van der Waals surface area contributed by atoms with Crippen LogP contribution in [0.25, 0.3) is 0 Å². The van der Waals surface area contributed by atoms with Gasteiger partial charge in [0.2, 0.25) is 0 Å². The van der Waals surface area contributed by atoms with Crippen LogP contribution < -0.4 is 11.1 Å². The van der Waals surface area contributed by atoms with Crippen molar-refractivity contribution >= 4 is 11.4 Å². The van der Waals surface area contributed by atoms with Crippen LogP contribution in [-0.4, -0.2) is 30.6 Å². The van der Waals surface area contributed by atoms with Gasteiger partial charge in [0.05, 0.1) is 5.56 Å². The van der Waals surface area contributed by atoms with Crippen molar-refractivity contribution in [3.63, 3.8) is 0 Å². The first kappa shape index (κ1) is 15.0. The Kier molecular flexibility index (Phi) is 4.42. The Balaban J connectivity index is 1.92. The summed E-state index contributed by atoms with van der Waals surface area (Å²) in [5.41, 5.74) is 4.80. The number of nitrogens with one attached hydrogen (secondary N) is 1. The van der Waals surface area contributed by atoms with E-state index in [9.17, 15) is 13.2 Å². The van der Waals surface area contributed by atoms with E-state index in [1.165, 1.54) is 18.9 Å². The highest BCUT2D eigenvalue weighted by Gasteiger charge is 2.33. The molecule has 3 nitrogen and oxygen atoms in total. The number of nitrogen functional groups attached to an aromatic ring is 1. The zero-order valence-corrected chi connectivity index (χ0v) is 11.5. The lowest BCUT2D eigenvalue weighted by Crippen LogP contribution is -2.30. The third kappa shape index (κ3) is 3.79. The molecule has 0 saturated heterocycles. The van der Waals surface area contributed by atoms with Crippen LogP contribution >= 0.6 is 0 Å². The fraction of sp³-hybridized carbons (Fsp3) is 0.571. The van der Waals surface area contributed by atoms with Gasteiger partial charge < -0.3 is 11.1 Å². The number of halogens is 3. The van der Waals surface area contributed by atoms with Gasteiger partial charge in [-0.1, -0.05) is 6.92 Å². The molecule has 0 radical (unpaired) electrons. The molecule has 0 heterocycles. The molecule has 0 amide bonds. The number of benzene rings is 1. The van der Waals surface area contributed by atoms with Crippen molar-refractivity contribution in [2.24, 2.45) is 0 Å². The highest BCUT2D eigenvalue weighted by Crippen LogP contribution is 2.35. The largest absolute Gasteiger partial charge is 0.418 e. The lowest BCUT2D eigenvalue weighted by molar-refractivity contribution is -0.136. The van der Waals surface area contributed by atoms with Crippen LogP contribution in [-0.2, 0) is 6.18 Å². The van der Waals surface area contributed by atoms with Gasteiger partial charge in [0, 0.05) is 30.5 Å². The van der Waals surface area contributed by atoms with E-state index in [1.807, 2.05) is 0 Å². The number of alkyl halides is 3. The van der Waals surface area contributed by atoms with Gasteiger partial charge in [-0.05, 0) is 37.6 Å². The summed E-state index contributed by atoms with van der Waals surface area (Å²) in [5, 5.41) is 3.03. The molecule has 1 fully saturated rings. The van der Waals surface area contributed by atoms with E-state index in [4.69, 9.17) is 5.73 Å². The molecular weight excluding hydrogens is 267 g/mol. The second-order valence-electron chi connectivity index (χ2n) is 5.09. The molecule has 0 bridgehead atoms. The number of nitrogens with two attached hydrogens (primary N) is 1. The van der Waals surface area contributed by atoms with E-state index >= 15 is 0 Å². The zero-order chi connectivity index (χ0) is 14.8. The quantitative estimate of drug-likeness (QED) is 0.790. The Morgan fingerprint density at radius 1 is 1.35 bits per heavy atom. The summed E-state index contributed by atoms with van der Waals surface area (Å²) < 4.78 is 38.2. The summed E-state index contributed by atoms with van der Waals surface area (Å²) in [7, 11) is 0. The van der Waals surface area contributed by atoms with E-state index in [1.54, 1.807) is 6.07 Å². The van der Waals surface area contributed by atoms with Gasteiger partial charge >= 0.3 is 6.18 Å². The summed E-state index contributed by atoms with van der Waals surface area (Å²) >= 11 is 0. The van der Waals surface area contributed by atoms with Crippen LogP contribution in [0.5, 0.6) is 0 Å². The van der Waals surface area contributed by atoms with Crippen LogP contribution in [0, 0.1) is 0 Å². The maximum absolute atomic E-state index is 12.7. The van der Waals surface area contributed by atoms with Crippen LogP contribution in [0.15, 0.2) is 18.2 Å². The third-order valence-corrected chi connectivity index (χ3v) is 3.56. The lowest BCUT2D eigenvalue weighted by Gasteiger charge is -2.20. The van der Waals surface area contributed by atoms with E-state index in [0.717, 1.165) is 19.2 Å². The van der Waals surface area contributed by atoms with E-state index < -0.39 is 11.7 Å². The molecule has 2 rings (SSSR count). The number of rotatable bonds is 6. The number of nitrogens with zero attached hydrogens (tertiary/aromatic N) is 1. The van der Waals surface area contributed by atoms with E-state index in [-0.39, 0.29) is 5.69 Å². The Labute approximate surface area is 116 Å². The number of likely N-dealkylation sites (N-methyl/N-ethyl adjacent to an activating group) is 1. The highest BCUT2D eigenvalue weighted by molar-refractivity contribution is 5.58. The van der Waals surface area contributed by atoms with Gasteiger partial charge in [-0.2, -0.15) is 13.2 Å². The van der Waals surface area contributed by atoms with Gasteiger partial charge in [-0.25, -0.2) is 0 Å². The molecule has 0 aromatic heterocycles. The van der Waals surface area contributed by atoms with Crippen LogP contribution in [0.2, 0.25) is 0 Å². The average Bonchev–Trinajstić information content (AvgIpc) is 3.19. The maximum atomic E-state index is 12.7. The van der Waals surface area contributed by atoms with Crippen LogP contribution in [0.3, 0.4) is 0 Å². The van der Waals surface area contributed by atoms with E-state index in [2.05, 4.69) is 17.1 Å². The summed E-state index contributed by atoms with van der Waals surface area (Å²) in [4.78, 5) is 2.34. The SMILES string of the molecule is CCN(CCNc1ccc(N)c(C(F)(F)F)c1)C1CC1. The maximum Gasteiger partial charge on any atom is 0.418 e. The van der Waals surface area contributed by atoms with Crippen molar-refractivity contribution in [2.45, 2.75) is 32.0 Å². The third-order valence-electron chi connectivity index (χ3n) is 3.56. The minimum absolute atomic E-state index is 0.240. The Hall–Kier alpha value is -1.43. The molecule has 0 unspecified atom stereocenters. The molecule has 0 aliphatic heterocycles. The molecule has 1 aliphatic rings. The molecule has 0 spiro atoms. The summed E-state index contributed by atoms with van der Waals surface area (Å²) in [5.74, 6) is 0. The van der Waals surface area contributed by atoms with Crippen molar-refractivity contribution in [3.8, 4) is 0 Å². The van der Waals surface area contributed by atoms with Crippen molar-refractivity contribution in [3.05, 3.63) is 23.8 Å². The first-order valence-corrected chi connectivity index (χ1v) is 6.86. The molecule has 6 heteroatoms. The Morgan fingerprint density at radius 3 is 2.60 bits per heavy atom. The first-order valence-electron chi connectivity index (χ1n) is 6.86. The predicted molar refractivity (Wildman–Crippen MR) is 74.6 cm³/mol. The van der Waals surface area contributed by atoms with Gasteiger partial charge in [0.25, 0.3) is 0 Å². The average molecular weight is 287 g/mol. The Morgan fingerprint density at radius 2 is 2.05 bits per heavy atom. The molecule has 1 saturated carbocycles. The summed E-state index contributed by atoms with van der Waals surface area (Å²) in [6.45, 7) is 4.55. The number of hydrogen-bond donors (Lipinski definition) is 2. The lowest BCUT2D eigenvalue weighted by atomic mass is 10.1. The summed E-state index contributed by atoms with van der Waals surface area (Å²) in [6, 6.07) is 4.61. The Bertz CT molecular complexity index is 455. The molecule has 1 aliphatic carbocycles. The van der Waals surface area contributed by atoms with Crippen molar-refractivity contribution in [1.29, 1.82) is 0 Å². The standard InChI is InChI=1S/C14H20F3N3/c1-2-20(11-4-5-11)8-7-19-10-3-6-13(18)12(9-10)14(15,16)17/h3,6,9,11,19H,2,4-5,7-8,18H2,1H3. The van der Waals surface area contributed by atoms with Gasteiger partial charge in [0.15, 0.2) is 0 Å². The van der Waals surface area contributed by atoms with E-state index in [0.29, 0.717) is 18.3 Å². The van der Waals surface area contributed by atoms with Crippen molar-refractivity contribution < 1.29 is 13.2 Å². The topological polar surface area (TPSA) is 41.3 Å². The number of hydrogen-bond acceptors (Lipinski definition) is 3. The van der Waals surface area contributed by atoms with Crippen LogP contribution in [0.1, 0.15) is 25.3 Å². The smallest absolute Gasteiger partial charge is 0.398 e. The molecule has 112 valence electrons. The molecule has 20 heavy (non-hydrogen) atoms. The molecular formula is C14H20F3N3. The van der Waals surface area contributed by atoms with Crippen molar-refractivity contribution in [2.75, 3.05) is 30.7 Å². The second kappa shape index (κ2) is 5.91. The molecule has 1 aromatic rings. The van der Waals surface area contributed by atoms with Gasteiger partial charge in [-0.3, -0.25) is 4.90 Å². The first-order chi connectivity index (χ1) is 9.41.